The van der Waals surface area contributed by atoms with Gasteiger partial charge in [-0.2, -0.15) is 5.10 Å². The van der Waals surface area contributed by atoms with Crippen LogP contribution in [0.2, 0.25) is 5.02 Å². The fourth-order valence-corrected chi connectivity index (χ4v) is 3.04. The van der Waals surface area contributed by atoms with E-state index in [0.29, 0.717) is 10.7 Å². The van der Waals surface area contributed by atoms with E-state index in [9.17, 15) is 13.2 Å². The lowest BCUT2D eigenvalue weighted by Gasteiger charge is -2.07. The van der Waals surface area contributed by atoms with Gasteiger partial charge in [0.25, 0.3) is 15.9 Å². The highest BCUT2D eigenvalue weighted by Gasteiger charge is 2.21. The summed E-state index contributed by atoms with van der Waals surface area (Å²) < 4.78 is 27.8. The van der Waals surface area contributed by atoms with Crippen molar-refractivity contribution in [3.8, 4) is 0 Å². The number of halogens is 1. The molecule has 112 valence electrons. The van der Waals surface area contributed by atoms with Crippen LogP contribution < -0.4 is 4.72 Å². The van der Waals surface area contributed by atoms with Gasteiger partial charge in [0.2, 0.25) is 0 Å². The van der Waals surface area contributed by atoms with Crippen LogP contribution in [-0.2, 0) is 17.1 Å². The van der Waals surface area contributed by atoms with Crippen LogP contribution in [-0.4, -0.2) is 24.1 Å². The first-order valence-corrected chi connectivity index (χ1v) is 7.90. The normalized spacial score (nSPS) is 11.4. The molecule has 6 nitrogen and oxygen atoms in total. The van der Waals surface area contributed by atoms with Gasteiger partial charge in [0, 0.05) is 18.3 Å². The van der Waals surface area contributed by atoms with Crippen molar-refractivity contribution in [3.05, 3.63) is 46.2 Å². The summed E-state index contributed by atoms with van der Waals surface area (Å²) >= 11 is 5.91. The van der Waals surface area contributed by atoms with Crippen LogP contribution in [0.1, 0.15) is 21.6 Å². The maximum Gasteiger partial charge on any atom is 0.268 e. The third kappa shape index (κ3) is 3.25. The lowest BCUT2D eigenvalue weighted by molar-refractivity contribution is 0.0981. The Morgan fingerprint density at radius 3 is 2.52 bits per heavy atom. The summed E-state index contributed by atoms with van der Waals surface area (Å²) in [4.78, 5) is 12.0. The average Bonchev–Trinajstić information content (AvgIpc) is 2.71. The minimum absolute atomic E-state index is 0.0620. The van der Waals surface area contributed by atoms with Gasteiger partial charge in [0.1, 0.15) is 0 Å². The van der Waals surface area contributed by atoms with E-state index in [1.165, 1.54) is 23.0 Å². The van der Waals surface area contributed by atoms with Crippen LogP contribution in [0.3, 0.4) is 0 Å². The highest BCUT2D eigenvalue weighted by Crippen LogP contribution is 2.20. The lowest BCUT2D eigenvalue weighted by Crippen LogP contribution is -2.30. The van der Waals surface area contributed by atoms with Gasteiger partial charge in [-0.05, 0) is 31.5 Å². The number of nitrogens with zero attached hydrogens (tertiary/aromatic N) is 2. The number of aromatic nitrogens is 2. The number of nitrogens with one attached hydrogen (secondary N) is 1. The Morgan fingerprint density at radius 1 is 1.33 bits per heavy atom. The van der Waals surface area contributed by atoms with Gasteiger partial charge in [-0.25, -0.2) is 13.1 Å². The summed E-state index contributed by atoms with van der Waals surface area (Å²) in [6.45, 7) is 3.39. The summed E-state index contributed by atoms with van der Waals surface area (Å²) in [5.41, 5.74) is 1.41. The van der Waals surface area contributed by atoms with Crippen molar-refractivity contribution < 1.29 is 13.2 Å². The highest BCUT2D eigenvalue weighted by atomic mass is 35.5. The van der Waals surface area contributed by atoms with Gasteiger partial charge in [-0.15, -0.1) is 0 Å². The maximum absolute atomic E-state index is 12.2. The fraction of sp³-hybridized carbons (Fsp3) is 0.231. The number of hydrogen-bond donors (Lipinski definition) is 1. The Bertz CT molecular complexity index is 812. The number of rotatable bonds is 3. The molecule has 2 aromatic rings. The SMILES string of the molecule is Cc1ccc(S(=O)(=O)NC(=O)c2cn(C)nc2C)cc1Cl. The molecule has 1 aromatic heterocycles. The number of aryl methyl sites for hydroxylation is 3. The number of benzene rings is 1. The minimum Gasteiger partial charge on any atom is -0.275 e. The molecule has 0 aliphatic carbocycles. The first-order chi connectivity index (χ1) is 9.70. The largest absolute Gasteiger partial charge is 0.275 e. The summed E-state index contributed by atoms with van der Waals surface area (Å²) in [5, 5.41) is 4.32. The van der Waals surface area contributed by atoms with Crippen molar-refractivity contribution in [1.82, 2.24) is 14.5 Å². The first kappa shape index (κ1) is 15.5. The smallest absolute Gasteiger partial charge is 0.268 e. The Balaban J connectivity index is 2.31. The van der Waals surface area contributed by atoms with E-state index in [-0.39, 0.29) is 10.5 Å². The van der Waals surface area contributed by atoms with E-state index >= 15 is 0 Å². The molecule has 0 fully saturated rings. The van der Waals surface area contributed by atoms with Crippen LogP contribution >= 0.6 is 11.6 Å². The van der Waals surface area contributed by atoms with Gasteiger partial charge in [0.05, 0.1) is 16.2 Å². The number of carbonyl (C=O) groups is 1. The van der Waals surface area contributed by atoms with E-state index in [2.05, 4.69) is 5.10 Å². The van der Waals surface area contributed by atoms with Crippen molar-refractivity contribution in [1.29, 1.82) is 0 Å². The third-order valence-electron chi connectivity index (χ3n) is 2.94. The summed E-state index contributed by atoms with van der Waals surface area (Å²) in [5.74, 6) is -0.725. The second-order valence-corrected chi connectivity index (χ2v) is 6.74. The van der Waals surface area contributed by atoms with Crippen molar-refractivity contribution in [2.45, 2.75) is 18.7 Å². The molecule has 1 heterocycles. The fourth-order valence-electron chi connectivity index (χ4n) is 1.80. The van der Waals surface area contributed by atoms with Crippen LogP contribution in [0, 0.1) is 13.8 Å². The predicted octanol–water partition coefficient (Wildman–Crippen LogP) is 1.81. The van der Waals surface area contributed by atoms with Crippen molar-refractivity contribution in [2.75, 3.05) is 0 Å². The highest BCUT2D eigenvalue weighted by molar-refractivity contribution is 7.90. The number of hydrogen-bond acceptors (Lipinski definition) is 4. The molecule has 0 unspecified atom stereocenters. The molecule has 2 rings (SSSR count). The van der Waals surface area contributed by atoms with Crippen molar-refractivity contribution in [3.63, 3.8) is 0 Å². The van der Waals surface area contributed by atoms with Crippen LogP contribution in [0.5, 0.6) is 0 Å². The van der Waals surface area contributed by atoms with E-state index in [0.717, 1.165) is 5.56 Å². The van der Waals surface area contributed by atoms with Gasteiger partial charge < -0.3 is 0 Å². The summed E-state index contributed by atoms with van der Waals surface area (Å²) in [6, 6.07) is 4.28. The molecule has 21 heavy (non-hydrogen) atoms. The molecule has 0 atom stereocenters. The Hall–Kier alpha value is -1.86. The van der Waals surface area contributed by atoms with Crippen LogP contribution in [0.4, 0.5) is 0 Å². The monoisotopic (exact) mass is 327 g/mol. The predicted molar refractivity (Wildman–Crippen MR) is 78.8 cm³/mol. The Labute approximate surface area is 127 Å². The molecule has 0 radical (unpaired) electrons. The third-order valence-corrected chi connectivity index (χ3v) is 4.67. The molecular weight excluding hydrogens is 314 g/mol. The Morgan fingerprint density at radius 2 is 2.00 bits per heavy atom. The molecule has 1 amide bonds. The molecular formula is C13H14ClN3O3S. The number of amides is 1. The quantitative estimate of drug-likeness (QED) is 0.932. The molecule has 0 saturated heterocycles. The zero-order valence-corrected chi connectivity index (χ0v) is 13.3. The molecule has 0 spiro atoms. The molecule has 0 aliphatic heterocycles. The van der Waals surface area contributed by atoms with E-state index in [1.807, 2.05) is 4.72 Å². The molecule has 1 N–H and O–H groups in total. The van der Waals surface area contributed by atoms with Gasteiger partial charge >= 0.3 is 0 Å². The van der Waals surface area contributed by atoms with E-state index in [1.54, 1.807) is 27.0 Å². The molecule has 0 aliphatic rings. The van der Waals surface area contributed by atoms with Gasteiger partial charge in [-0.1, -0.05) is 17.7 Å². The van der Waals surface area contributed by atoms with E-state index in [4.69, 9.17) is 11.6 Å². The topological polar surface area (TPSA) is 81.1 Å². The van der Waals surface area contributed by atoms with Crippen LogP contribution in [0.15, 0.2) is 29.3 Å². The molecule has 8 heteroatoms. The van der Waals surface area contributed by atoms with Gasteiger partial charge in [-0.3, -0.25) is 9.48 Å². The second kappa shape index (κ2) is 5.50. The second-order valence-electron chi connectivity index (χ2n) is 4.65. The molecule has 1 aromatic carbocycles. The zero-order valence-electron chi connectivity index (χ0n) is 11.7. The number of sulfonamides is 1. The molecule has 0 bridgehead atoms. The summed E-state index contributed by atoms with van der Waals surface area (Å²) in [6.07, 6.45) is 1.46. The Kier molecular flexibility index (Phi) is 4.06. The maximum atomic E-state index is 12.2. The van der Waals surface area contributed by atoms with Crippen molar-refractivity contribution >= 4 is 27.5 Å². The standard InChI is InChI=1S/C13H14ClN3O3S/c1-8-4-5-10(6-12(8)14)21(19,20)16-13(18)11-7-17(3)15-9(11)2/h4-7H,1-3H3,(H,16,18). The first-order valence-electron chi connectivity index (χ1n) is 6.04. The average molecular weight is 328 g/mol. The number of carbonyl (C=O) groups excluding carboxylic acids is 1. The lowest BCUT2D eigenvalue weighted by atomic mass is 10.2. The summed E-state index contributed by atoms with van der Waals surface area (Å²) in [7, 11) is -2.32. The minimum atomic E-state index is -3.98. The van der Waals surface area contributed by atoms with Crippen molar-refractivity contribution in [2.24, 2.45) is 7.05 Å². The van der Waals surface area contributed by atoms with Crippen LogP contribution in [0.25, 0.3) is 0 Å². The van der Waals surface area contributed by atoms with E-state index < -0.39 is 15.9 Å². The molecule has 0 saturated carbocycles. The van der Waals surface area contributed by atoms with Gasteiger partial charge in [0.15, 0.2) is 0 Å². The zero-order chi connectivity index (χ0) is 15.8.